The third-order valence-corrected chi connectivity index (χ3v) is 6.21. The first-order chi connectivity index (χ1) is 14.6. The Morgan fingerprint density at radius 3 is 2.63 bits per heavy atom. The second-order valence-corrected chi connectivity index (χ2v) is 8.23. The first-order valence-corrected chi connectivity index (χ1v) is 11.4. The fourth-order valence-electron chi connectivity index (χ4n) is 3.27. The fraction of sp³-hybridized carbons (Fsp3) is 0.391. The Morgan fingerprint density at radius 2 is 1.97 bits per heavy atom. The summed E-state index contributed by atoms with van der Waals surface area (Å²) in [5.41, 5.74) is 2.57. The molecule has 2 N–H and O–H groups in total. The maximum Gasteiger partial charge on any atom is 0.251 e. The maximum atomic E-state index is 12.5. The number of aromatic nitrogens is 2. The number of benzene rings is 1. The Bertz CT molecular complexity index is 905. The van der Waals surface area contributed by atoms with Crippen LogP contribution in [0.5, 0.6) is 0 Å². The number of imidazole rings is 1. The summed E-state index contributed by atoms with van der Waals surface area (Å²) < 4.78 is 2.02. The number of hydrogen-bond acceptors (Lipinski definition) is 5. The molecule has 1 atom stereocenters. The van der Waals surface area contributed by atoms with Gasteiger partial charge in [0.2, 0.25) is 0 Å². The summed E-state index contributed by atoms with van der Waals surface area (Å²) in [4.78, 5) is 20.5. The number of fused-ring (bicyclic) bond motifs is 1. The van der Waals surface area contributed by atoms with Crippen molar-refractivity contribution in [3.05, 3.63) is 66.1 Å². The predicted octanol–water partition coefficient (Wildman–Crippen LogP) is 3.45. The normalized spacial score (nSPS) is 12.4. The largest absolute Gasteiger partial charge is 0.394 e. The zero-order valence-corrected chi connectivity index (χ0v) is 18.4. The van der Waals surface area contributed by atoms with Crippen molar-refractivity contribution >= 4 is 23.3 Å². The van der Waals surface area contributed by atoms with E-state index in [9.17, 15) is 9.90 Å². The molecule has 1 aromatic carbocycles. The van der Waals surface area contributed by atoms with Crippen molar-refractivity contribution in [2.24, 2.45) is 0 Å². The van der Waals surface area contributed by atoms with E-state index < -0.39 is 0 Å². The van der Waals surface area contributed by atoms with E-state index in [-0.39, 0.29) is 18.6 Å². The number of nitrogens with zero attached hydrogens (tertiary/aromatic N) is 3. The molecule has 0 saturated carbocycles. The van der Waals surface area contributed by atoms with Crippen LogP contribution in [-0.2, 0) is 5.75 Å². The second kappa shape index (κ2) is 11.2. The first kappa shape index (κ1) is 22.3. The molecule has 0 fully saturated rings. The minimum atomic E-state index is -0.234. The van der Waals surface area contributed by atoms with Crippen LogP contribution in [0.4, 0.5) is 0 Å². The zero-order chi connectivity index (χ0) is 21.3. The number of thioether (sulfide) groups is 1. The number of nitrogens with one attached hydrogen (secondary N) is 1. The van der Waals surface area contributed by atoms with Gasteiger partial charge in [-0.2, -0.15) is 0 Å². The molecule has 3 aromatic rings. The molecular formula is C23H30N4O2S. The van der Waals surface area contributed by atoms with E-state index in [4.69, 9.17) is 0 Å². The van der Waals surface area contributed by atoms with Gasteiger partial charge >= 0.3 is 0 Å². The summed E-state index contributed by atoms with van der Waals surface area (Å²) in [6, 6.07) is 13.3. The number of rotatable bonds is 11. The average molecular weight is 427 g/mol. The van der Waals surface area contributed by atoms with Crippen LogP contribution in [0.15, 0.2) is 59.8 Å². The molecule has 0 bridgehead atoms. The molecule has 0 aliphatic carbocycles. The number of pyridine rings is 1. The van der Waals surface area contributed by atoms with Crippen molar-refractivity contribution in [1.82, 2.24) is 19.6 Å². The molecule has 6 nitrogen and oxygen atoms in total. The number of aliphatic hydroxyl groups excluding tert-OH is 1. The highest BCUT2D eigenvalue weighted by Gasteiger charge is 2.14. The monoisotopic (exact) mass is 426 g/mol. The number of amides is 1. The van der Waals surface area contributed by atoms with E-state index in [0.29, 0.717) is 5.56 Å². The van der Waals surface area contributed by atoms with Crippen LogP contribution in [0.1, 0.15) is 36.3 Å². The molecule has 0 unspecified atom stereocenters. The quantitative estimate of drug-likeness (QED) is 0.460. The number of aliphatic hydroxyl groups is 1. The summed E-state index contributed by atoms with van der Waals surface area (Å²) in [6.45, 7) is 6.97. The summed E-state index contributed by atoms with van der Waals surface area (Å²) in [5.74, 6) is 0.621. The minimum absolute atomic E-state index is 0.0556. The zero-order valence-electron chi connectivity index (χ0n) is 17.6. The van der Waals surface area contributed by atoms with Gasteiger partial charge in [0, 0.05) is 35.2 Å². The van der Waals surface area contributed by atoms with Gasteiger partial charge in [0.15, 0.2) is 0 Å². The number of carbonyl (C=O) groups excluding carboxylic acids is 1. The van der Waals surface area contributed by atoms with Crippen LogP contribution < -0.4 is 5.32 Å². The maximum absolute atomic E-state index is 12.5. The van der Waals surface area contributed by atoms with Crippen molar-refractivity contribution in [3.63, 3.8) is 0 Å². The minimum Gasteiger partial charge on any atom is -0.394 e. The molecule has 0 saturated heterocycles. The third-order valence-electron chi connectivity index (χ3n) is 5.16. The van der Waals surface area contributed by atoms with Gasteiger partial charge in [-0.05, 0) is 55.9 Å². The van der Waals surface area contributed by atoms with E-state index in [1.165, 1.54) is 0 Å². The number of hydrogen-bond donors (Lipinski definition) is 2. The predicted molar refractivity (Wildman–Crippen MR) is 122 cm³/mol. The first-order valence-electron chi connectivity index (χ1n) is 10.4. The van der Waals surface area contributed by atoms with Crippen LogP contribution >= 0.6 is 11.8 Å². The van der Waals surface area contributed by atoms with Gasteiger partial charge in [0.05, 0.1) is 18.3 Å². The molecule has 7 heteroatoms. The van der Waals surface area contributed by atoms with Crippen molar-refractivity contribution in [3.8, 4) is 0 Å². The summed E-state index contributed by atoms with van der Waals surface area (Å²) in [6.07, 6.45) is 4.76. The van der Waals surface area contributed by atoms with Gasteiger partial charge in [0.1, 0.15) is 5.65 Å². The molecule has 160 valence electrons. The summed E-state index contributed by atoms with van der Waals surface area (Å²) >= 11 is 1.69. The Morgan fingerprint density at radius 1 is 1.20 bits per heavy atom. The standard InChI is InChI=1S/C23H30N4O2S/c1-3-26(4-2)14-12-19(16-28)25-23(29)18-8-10-21(11-9-18)30-17-20-15-27-13-6-5-7-22(27)24-20/h5-11,13,15,19,28H,3-4,12,14,16-17H2,1-2H3,(H,25,29)/t19-/m1/s1. The molecule has 0 aliphatic rings. The topological polar surface area (TPSA) is 69.9 Å². The van der Waals surface area contributed by atoms with Gasteiger partial charge in [-0.25, -0.2) is 4.98 Å². The van der Waals surface area contributed by atoms with E-state index in [1.807, 2.05) is 59.3 Å². The van der Waals surface area contributed by atoms with Crippen LogP contribution in [-0.4, -0.2) is 57.6 Å². The SMILES string of the molecule is CCN(CC)CC[C@H](CO)NC(=O)c1ccc(SCc2cn3ccccc3n2)cc1. The molecule has 0 spiro atoms. The highest BCUT2D eigenvalue weighted by atomic mass is 32.2. The third kappa shape index (κ3) is 6.08. The highest BCUT2D eigenvalue weighted by molar-refractivity contribution is 7.98. The lowest BCUT2D eigenvalue weighted by atomic mass is 10.1. The van der Waals surface area contributed by atoms with Crippen LogP contribution in [0.25, 0.3) is 5.65 Å². The van der Waals surface area contributed by atoms with Crippen LogP contribution in [0.2, 0.25) is 0 Å². The molecule has 1 amide bonds. The molecular weight excluding hydrogens is 396 g/mol. The Labute approximate surface area is 182 Å². The molecule has 0 radical (unpaired) electrons. The fourth-order valence-corrected chi connectivity index (χ4v) is 4.05. The van der Waals surface area contributed by atoms with E-state index in [2.05, 4.69) is 29.0 Å². The Hall–Kier alpha value is -2.35. The Balaban J connectivity index is 1.51. The van der Waals surface area contributed by atoms with Gasteiger partial charge in [-0.1, -0.05) is 19.9 Å². The molecule has 30 heavy (non-hydrogen) atoms. The van der Waals surface area contributed by atoms with Gasteiger partial charge < -0.3 is 19.7 Å². The van der Waals surface area contributed by atoms with E-state index >= 15 is 0 Å². The molecule has 0 aliphatic heterocycles. The van der Waals surface area contributed by atoms with Gasteiger partial charge in [-0.3, -0.25) is 4.79 Å². The highest BCUT2D eigenvalue weighted by Crippen LogP contribution is 2.23. The lowest BCUT2D eigenvalue weighted by Crippen LogP contribution is -2.40. The van der Waals surface area contributed by atoms with Crippen LogP contribution in [0.3, 0.4) is 0 Å². The van der Waals surface area contributed by atoms with E-state index in [1.54, 1.807) is 11.8 Å². The van der Waals surface area contributed by atoms with Crippen LogP contribution in [0, 0.1) is 0 Å². The van der Waals surface area contributed by atoms with Gasteiger partial charge in [0.25, 0.3) is 5.91 Å². The van der Waals surface area contributed by atoms with Crippen molar-refractivity contribution in [1.29, 1.82) is 0 Å². The smallest absolute Gasteiger partial charge is 0.251 e. The summed E-state index contributed by atoms with van der Waals surface area (Å²) in [7, 11) is 0. The van der Waals surface area contributed by atoms with Gasteiger partial charge in [-0.15, -0.1) is 11.8 Å². The van der Waals surface area contributed by atoms with Crippen molar-refractivity contribution in [2.75, 3.05) is 26.2 Å². The van der Waals surface area contributed by atoms with E-state index in [0.717, 1.165) is 48.0 Å². The molecule has 2 heterocycles. The lowest BCUT2D eigenvalue weighted by molar-refractivity contribution is 0.0908. The lowest BCUT2D eigenvalue weighted by Gasteiger charge is -2.22. The summed E-state index contributed by atoms with van der Waals surface area (Å²) in [5, 5.41) is 12.6. The average Bonchev–Trinajstić information content (AvgIpc) is 3.20. The Kier molecular flexibility index (Phi) is 8.30. The molecule has 2 aromatic heterocycles. The van der Waals surface area contributed by atoms with Crippen molar-refractivity contribution < 1.29 is 9.90 Å². The molecule has 3 rings (SSSR count). The number of carbonyl (C=O) groups is 1. The second-order valence-electron chi connectivity index (χ2n) is 7.18. The van der Waals surface area contributed by atoms with Crippen molar-refractivity contribution in [2.45, 2.75) is 37.0 Å².